The molecular weight excluding hydrogens is 260 g/mol. The molecule has 0 fully saturated rings. The molecule has 15 heavy (non-hydrogen) atoms. The molecule has 0 amide bonds. The normalized spacial score (nSPS) is 14.9. The predicted molar refractivity (Wildman–Crippen MR) is 61.9 cm³/mol. The van der Waals surface area contributed by atoms with Crippen LogP contribution in [-0.2, 0) is 11.3 Å². The molecule has 0 unspecified atom stereocenters. The van der Waals surface area contributed by atoms with E-state index in [1.165, 1.54) is 0 Å². The highest BCUT2D eigenvalue weighted by molar-refractivity contribution is 9.09. The summed E-state index contributed by atoms with van der Waals surface area (Å²) in [5.41, 5.74) is 1.09. The summed E-state index contributed by atoms with van der Waals surface area (Å²) in [5, 5.41) is 17.9. The molecule has 1 aromatic carbocycles. The van der Waals surface area contributed by atoms with Crippen molar-refractivity contribution in [3.8, 4) is 0 Å². The van der Waals surface area contributed by atoms with Gasteiger partial charge in [-0.2, -0.15) is 0 Å². The zero-order chi connectivity index (χ0) is 11.1. The van der Waals surface area contributed by atoms with Crippen molar-refractivity contribution in [3.05, 3.63) is 35.9 Å². The second-order valence-electron chi connectivity index (χ2n) is 3.27. The summed E-state index contributed by atoms with van der Waals surface area (Å²) in [6.07, 6.45) is -0.777. The zero-order valence-corrected chi connectivity index (χ0v) is 9.93. The molecule has 0 saturated carbocycles. The molecule has 3 nitrogen and oxygen atoms in total. The summed E-state index contributed by atoms with van der Waals surface area (Å²) < 4.78 is 5.39. The Labute approximate surface area is 97.8 Å². The second-order valence-corrected chi connectivity index (χ2v) is 4.44. The maximum absolute atomic E-state index is 9.25. The Bertz CT molecular complexity index is 266. The fourth-order valence-corrected chi connectivity index (χ4v) is 1.44. The third-order valence-electron chi connectivity index (χ3n) is 1.99. The summed E-state index contributed by atoms with van der Waals surface area (Å²) in [6.45, 7) is 0.627. The number of hydrogen-bond donors (Lipinski definition) is 2. The Morgan fingerprint density at radius 2 is 1.93 bits per heavy atom. The average molecular weight is 275 g/mol. The van der Waals surface area contributed by atoms with Gasteiger partial charge in [-0.05, 0) is 5.56 Å². The van der Waals surface area contributed by atoms with Crippen LogP contribution in [0.1, 0.15) is 5.56 Å². The first kappa shape index (κ1) is 12.6. The summed E-state index contributed by atoms with van der Waals surface area (Å²) in [6, 6.07) is 9.81. The van der Waals surface area contributed by atoms with Crippen LogP contribution in [0.2, 0.25) is 0 Å². The maximum Gasteiger partial charge on any atom is 0.0917 e. The van der Waals surface area contributed by atoms with Crippen LogP contribution in [0.5, 0.6) is 0 Å². The van der Waals surface area contributed by atoms with E-state index in [0.29, 0.717) is 13.2 Å². The molecule has 2 atom stereocenters. The molecule has 0 aliphatic carbocycles. The molecule has 4 heteroatoms. The van der Waals surface area contributed by atoms with E-state index in [9.17, 15) is 5.11 Å². The molecule has 2 N–H and O–H groups in total. The third-order valence-corrected chi connectivity index (χ3v) is 2.87. The number of aliphatic hydroxyl groups is 2. The van der Waals surface area contributed by atoms with Gasteiger partial charge in [0.1, 0.15) is 0 Å². The lowest BCUT2D eigenvalue weighted by Crippen LogP contribution is -2.28. The Balaban J connectivity index is 2.22. The van der Waals surface area contributed by atoms with E-state index in [1.807, 2.05) is 30.3 Å². The first-order chi connectivity index (χ1) is 7.24. The van der Waals surface area contributed by atoms with E-state index in [1.54, 1.807) is 0 Å². The van der Waals surface area contributed by atoms with Gasteiger partial charge in [-0.1, -0.05) is 46.3 Å². The monoisotopic (exact) mass is 274 g/mol. The van der Waals surface area contributed by atoms with Gasteiger partial charge in [-0.15, -0.1) is 0 Å². The van der Waals surface area contributed by atoms with Crippen molar-refractivity contribution in [3.63, 3.8) is 0 Å². The van der Waals surface area contributed by atoms with E-state index >= 15 is 0 Å². The van der Waals surface area contributed by atoms with Crippen molar-refractivity contribution in [1.29, 1.82) is 0 Å². The van der Waals surface area contributed by atoms with E-state index in [4.69, 9.17) is 9.84 Å². The highest BCUT2D eigenvalue weighted by Crippen LogP contribution is 2.08. The number of aliphatic hydroxyl groups excluding tert-OH is 2. The molecule has 1 aromatic rings. The highest BCUT2D eigenvalue weighted by atomic mass is 79.9. The van der Waals surface area contributed by atoms with Gasteiger partial charge >= 0.3 is 0 Å². The molecule has 1 rings (SSSR count). The molecule has 0 bridgehead atoms. The van der Waals surface area contributed by atoms with Crippen LogP contribution in [0.15, 0.2) is 30.3 Å². The summed E-state index contributed by atoms with van der Waals surface area (Å²) in [4.78, 5) is -0.230. The molecule has 84 valence electrons. The Morgan fingerprint density at radius 3 is 2.53 bits per heavy atom. The van der Waals surface area contributed by atoms with Crippen LogP contribution in [-0.4, -0.2) is 34.4 Å². The minimum absolute atomic E-state index is 0.230. The van der Waals surface area contributed by atoms with Crippen LogP contribution in [0, 0.1) is 0 Å². The van der Waals surface area contributed by atoms with Crippen LogP contribution >= 0.6 is 15.9 Å². The van der Waals surface area contributed by atoms with E-state index in [-0.39, 0.29) is 11.4 Å². The summed E-state index contributed by atoms with van der Waals surface area (Å²) in [7, 11) is 0. The van der Waals surface area contributed by atoms with E-state index < -0.39 is 6.10 Å². The van der Waals surface area contributed by atoms with E-state index in [2.05, 4.69) is 15.9 Å². The smallest absolute Gasteiger partial charge is 0.0917 e. The van der Waals surface area contributed by atoms with E-state index in [0.717, 1.165) is 5.56 Å². The van der Waals surface area contributed by atoms with Crippen molar-refractivity contribution in [2.45, 2.75) is 17.5 Å². The van der Waals surface area contributed by atoms with Crippen molar-refractivity contribution in [2.75, 3.05) is 13.2 Å². The number of hydrogen-bond acceptors (Lipinski definition) is 3. The number of benzene rings is 1. The molecule has 0 aliphatic heterocycles. The van der Waals surface area contributed by atoms with Gasteiger partial charge in [0.05, 0.1) is 30.8 Å². The van der Waals surface area contributed by atoms with Crippen LogP contribution < -0.4 is 0 Å². The summed E-state index contributed by atoms with van der Waals surface area (Å²) >= 11 is 3.24. The number of rotatable bonds is 6. The van der Waals surface area contributed by atoms with Crippen molar-refractivity contribution >= 4 is 15.9 Å². The third kappa shape index (κ3) is 4.75. The minimum atomic E-state index is -0.777. The molecule has 0 heterocycles. The van der Waals surface area contributed by atoms with Gasteiger partial charge in [0, 0.05) is 0 Å². The zero-order valence-electron chi connectivity index (χ0n) is 8.34. The number of alkyl halides is 1. The van der Waals surface area contributed by atoms with Gasteiger partial charge in [0.15, 0.2) is 0 Å². The maximum atomic E-state index is 9.25. The topological polar surface area (TPSA) is 49.7 Å². The fraction of sp³-hybridized carbons (Fsp3) is 0.455. The SMILES string of the molecule is OC[C@@H](O)[C@@H](Br)COCc1ccccc1. The van der Waals surface area contributed by atoms with Gasteiger partial charge in [0.25, 0.3) is 0 Å². The lowest BCUT2D eigenvalue weighted by molar-refractivity contribution is 0.0513. The van der Waals surface area contributed by atoms with Crippen LogP contribution in [0.4, 0.5) is 0 Å². The molecule has 0 aromatic heterocycles. The van der Waals surface area contributed by atoms with Crippen LogP contribution in [0.25, 0.3) is 0 Å². The fourth-order valence-electron chi connectivity index (χ4n) is 1.09. The lowest BCUT2D eigenvalue weighted by Gasteiger charge is -2.14. The number of ether oxygens (including phenoxy) is 1. The van der Waals surface area contributed by atoms with Gasteiger partial charge in [-0.25, -0.2) is 0 Å². The molecule has 0 saturated heterocycles. The minimum Gasteiger partial charge on any atom is -0.394 e. The second kappa shape index (κ2) is 6.95. The van der Waals surface area contributed by atoms with Crippen molar-refractivity contribution < 1.29 is 14.9 Å². The lowest BCUT2D eigenvalue weighted by atomic mass is 10.2. The molecular formula is C11H15BrO3. The Hall–Kier alpha value is -0.420. The molecule has 0 spiro atoms. The Kier molecular flexibility index (Phi) is 5.86. The number of halogens is 1. The van der Waals surface area contributed by atoms with Gasteiger partial charge in [0.2, 0.25) is 0 Å². The summed E-state index contributed by atoms with van der Waals surface area (Å²) in [5.74, 6) is 0. The van der Waals surface area contributed by atoms with Crippen molar-refractivity contribution in [1.82, 2.24) is 0 Å². The quantitative estimate of drug-likeness (QED) is 0.770. The first-order valence-corrected chi connectivity index (χ1v) is 5.70. The van der Waals surface area contributed by atoms with Crippen molar-refractivity contribution in [2.24, 2.45) is 0 Å². The first-order valence-electron chi connectivity index (χ1n) is 4.78. The average Bonchev–Trinajstić information content (AvgIpc) is 2.29. The predicted octanol–water partition coefficient (Wildman–Crippen LogP) is 1.32. The standard InChI is InChI=1S/C11H15BrO3/c12-10(11(14)6-13)8-15-7-9-4-2-1-3-5-9/h1-5,10-11,13-14H,6-8H2/t10-,11+/m0/s1. The van der Waals surface area contributed by atoms with Gasteiger partial charge < -0.3 is 14.9 Å². The Morgan fingerprint density at radius 1 is 1.27 bits per heavy atom. The largest absolute Gasteiger partial charge is 0.394 e. The molecule has 0 radical (unpaired) electrons. The van der Waals surface area contributed by atoms with Gasteiger partial charge in [-0.3, -0.25) is 0 Å². The molecule has 0 aliphatic rings. The van der Waals surface area contributed by atoms with Crippen LogP contribution in [0.3, 0.4) is 0 Å². The highest BCUT2D eigenvalue weighted by Gasteiger charge is 2.14.